The second-order valence-corrected chi connectivity index (χ2v) is 5.57. The Labute approximate surface area is 138 Å². The molecule has 0 aliphatic rings. The first kappa shape index (κ1) is 14.2. The molecule has 0 saturated carbocycles. The summed E-state index contributed by atoms with van der Waals surface area (Å²) < 4.78 is 0. The molecule has 0 amide bonds. The standard InChI is InChI=1S/C20H15N3O/c21-16-9-4-8-15-18(11-12-19(24)20(15)16)23-22-17-10-3-6-13-5-1-2-7-14(13)17/h1-12,24H,21H2. The van der Waals surface area contributed by atoms with Crippen molar-refractivity contribution in [1.29, 1.82) is 0 Å². The summed E-state index contributed by atoms with van der Waals surface area (Å²) >= 11 is 0. The maximum absolute atomic E-state index is 10.1. The summed E-state index contributed by atoms with van der Waals surface area (Å²) in [5, 5.41) is 22.4. The highest BCUT2D eigenvalue weighted by atomic mass is 16.3. The van der Waals surface area contributed by atoms with E-state index in [1.54, 1.807) is 18.2 Å². The molecule has 0 saturated heterocycles. The van der Waals surface area contributed by atoms with Gasteiger partial charge in [-0.25, -0.2) is 0 Å². The van der Waals surface area contributed by atoms with E-state index in [9.17, 15) is 5.11 Å². The van der Waals surface area contributed by atoms with Gasteiger partial charge in [0.1, 0.15) is 5.75 Å². The fraction of sp³-hybridized carbons (Fsp3) is 0. The molecule has 0 spiro atoms. The van der Waals surface area contributed by atoms with Gasteiger partial charge in [0.25, 0.3) is 0 Å². The Bertz CT molecular complexity index is 1070. The number of nitrogen functional groups attached to an aromatic ring is 1. The van der Waals surface area contributed by atoms with Gasteiger partial charge in [-0.2, -0.15) is 0 Å². The van der Waals surface area contributed by atoms with Crippen molar-refractivity contribution < 1.29 is 5.11 Å². The molecule has 0 aliphatic carbocycles. The number of rotatable bonds is 2. The monoisotopic (exact) mass is 313 g/mol. The van der Waals surface area contributed by atoms with E-state index in [-0.39, 0.29) is 5.75 Å². The van der Waals surface area contributed by atoms with Crippen LogP contribution in [0.2, 0.25) is 0 Å². The number of aromatic hydroxyl groups is 1. The lowest BCUT2D eigenvalue weighted by Gasteiger charge is -2.06. The molecular weight excluding hydrogens is 298 g/mol. The van der Waals surface area contributed by atoms with Crippen molar-refractivity contribution in [1.82, 2.24) is 0 Å². The van der Waals surface area contributed by atoms with E-state index in [0.717, 1.165) is 21.8 Å². The average molecular weight is 313 g/mol. The third-order valence-electron chi connectivity index (χ3n) is 4.06. The molecule has 116 valence electrons. The van der Waals surface area contributed by atoms with Crippen LogP contribution in [0.5, 0.6) is 5.75 Å². The highest BCUT2D eigenvalue weighted by molar-refractivity contribution is 6.03. The average Bonchev–Trinajstić information content (AvgIpc) is 2.61. The van der Waals surface area contributed by atoms with Crippen LogP contribution in [-0.2, 0) is 0 Å². The summed E-state index contributed by atoms with van der Waals surface area (Å²) in [5.74, 6) is 0.146. The number of phenols is 1. The fourth-order valence-electron chi connectivity index (χ4n) is 2.89. The molecule has 24 heavy (non-hydrogen) atoms. The number of nitrogens with two attached hydrogens (primary N) is 1. The van der Waals surface area contributed by atoms with Gasteiger partial charge in [-0.1, -0.05) is 48.5 Å². The lowest BCUT2D eigenvalue weighted by atomic mass is 10.1. The second kappa shape index (κ2) is 5.66. The van der Waals surface area contributed by atoms with Gasteiger partial charge in [0, 0.05) is 21.8 Å². The van der Waals surface area contributed by atoms with Crippen molar-refractivity contribution in [3.8, 4) is 5.75 Å². The smallest absolute Gasteiger partial charge is 0.125 e. The van der Waals surface area contributed by atoms with Gasteiger partial charge in [-0.15, -0.1) is 10.2 Å². The molecule has 0 aromatic heterocycles. The molecular formula is C20H15N3O. The molecule has 4 rings (SSSR count). The van der Waals surface area contributed by atoms with Crippen LogP contribution in [0.25, 0.3) is 21.5 Å². The summed E-state index contributed by atoms with van der Waals surface area (Å²) in [6, 6.07) is 22.8. The zero-order valence-electron chi connectivity index (χ0n) is 12.8. The van der Waals surface area contributed by atoms with Gasteiger partial charge in [0.15, 0.2) is 0 Å². The van der Waals surface area contributed by atoms with E-state index in [0.29, 0.717) is 16.8 Å². The predicted molar refractivity (Wildman–Crippen MR) is 98.1 cm³/mol. The van der Waals surface area contributed by atoms with Crippen LogP contribution >= 0.6 is 0 Å². The number of fused-ring (bicyclic) bond motifs is 2. The number of azo groups is 1. The molecule has 4 heteroatoms. The van der Waals surface area contributed by atoms with E-state index in [1.165, 1.54) is 0 Å². The molecule has 0 fully saturated rings. The summed E-state index contributed by atoms with van der Waals surface area (Å²) in [4.78, 5) is 0. The van der Waals surface area contributed by atoms with E-state index in [1.807, 2.05) is 54.6 Å². The van der Waals surface area contributed by atoms with Gasteiger partial charge in [-0.3, -0.25) is 0 Å². The van der Waals surface area contributed by atoms with Crippen LogP contribution in [0.3, 0.4) is 0 Å². The van der Waals surface area contributed by atoms with E-state index in [2.05, 4.69) is 10.2 Å². The number of hydrogen-bond acceptors (Lipinski definition) is 4. The van der Waals surface area contributed by atoms with Gasteiger partial charge in [-0.05, 0) is 29.7 Å². The van der Waals surface area contributed by atoms with Crippen molar-refractivity contribution in [2.75, 3.05) is 5.73 Å². The van der Waals surface area contributed by atoms with Gasteiger partial charge in [0.2, 0.25) is 0 Å². The summed E-state index contributed by atoms with van der Waals surface area (Å²) in [6.45, 7) is 0. The number of anilines is 1. The molecule has 0 radical (unpaired) electrons. The maximum atomic E-state index is 10.1. The van der Waals surface area contributed by atoms with Crippen molar-refractivity contribution >= 4 is 38.6 Å². The number of benzene rings is 4. The van der Waals surface area contributed by atoms with Crippen LogP contribution in [0.4, 0.5) is 17.1 Å². The molecule has 3 N–H and O–H groups in total. The summed E-state index contributed by atoms with van der Waals surface area (Å²) in [5.41, 5.74) is 7.97. The Hall–Kier alpha value is -3.40. The maximum Gasteiger partial charge on any atom is 0.125 e. The number of hydrogen-bond donors (Lipinski definition) is 2. The van der Waals surface area contributed by atoms with E-state index < -0.39 is 0 Å². The lowest BCUT2D eigenvalue weighted by Crippen LogP contribution is -1.86. The summed E-state index contributed by atoms with van der Waals surface area (Å²) in [6.07, 6.45) is 0. The first-order valence-corrected chi connectivity index (χ1v) is 7.64. The minimum Gasteiger partial charge on any atom is -0.507 e. The second-order valence-electron chi connectivity index (χ2n) is 5.57. The Morgan fingerprint density at radius 1 is 0.667 bits per heavy atom. The molecule has 0 aliphatic heterocycles. The molecule has 0 unspecified atom stereocenters. The molecule has 0 bridgehead atoms. The van der Waals surface area contributed by atoms with Gasteiger partial charge < -0.3 is 10.8 Å². The Kier molecular flexibility index (Phi) is 3.35. The normalized spacial score (nSPS) is 11.5. The van der Waals surface area contributed by atoms with Crippen LogP contribution in [0, 0.1) is 0 Å². The van der Waals surface area contributed by atoms with E-state index in [4.69, 9.17) is 5.73 Å². The largest absolute Gasteiger partial charge is 0.507 e. The predicted octanol–water partition coefficient (Wildman–Crippen LogP) is 5.70. The zero-order chi connectivity index (χ0) is 16.5. The van der Waals surface area contributed by atoms with Crippen molar-refractivity contribution in [3.63, 3.8) is 0 Å². The highest BCUT2D eigenvalue weighted by Crippen LogP contribution is 2.37. The van der Waals surface area contributed by atoms with E-state index >= 15 is 0 Å². The molecule has 0 atom stereocenters. The minimum absolute atomic E-state index is 0.146. The Morgan fingerprint density at radius 3 is 2.21 bits per heavy atom. The third-order valence-corrected chi connectivity index (χ3v) is 4.06. The highest BCUT2D eigenvalue weighted by Gasteiger charge is 2.08. The zero-order valence-corrected chi connectivity index (χ0v) is 12.8. The number of nitrogens with zero attached hydrogens (tertiary/aromatic N) is 2. The van der Waals surface area contributed by atoms with Crippen molar-refractivity contribution in [2.45, 2.75) is 0 Å². The molecule has 4 nitrogen and oxygen atoms in total. The topological polar surface area (TPSA) is 71.0 Å². The first-order chi connectivity index (χ1) is 11.7. The Morgan fingerprint density at radius 2 is 1.33 bits per heavy atom. The van der Waals surface area contributed by atoms with Crippen molar-refractivity contribution in [3.05, 3.63) is 72.8 Å². The van der Waals surface area contributed by atoms with Crippen LogP contribution < -0.4 is 5.73 Å². The first-order valence-electron chi connectivity index (χ1n) is 7.64. The Balaban J connectivity index is 1.86. The van der Waals surface area contributed by atoms with Crippen LogP contribution in [0.1, 0.15) is 0 Å². The number of phenolic OH excluding ortho intramolecular Hbond substituents is 1. The summed E-state index contributed by atoms with van der Waals surface area (Å²) in [7, 11) is 0. The van der Waals surface area contributed by atoms with Crippen LogP contribution in [0.15, 0.2) is 83.0 Å². The quantitative estimate of drug-likeness (QED) is 0.368. The minimum atomic E-state index is 0.146. The molecule has 0 heterocycles. The van der Waals surface area contributed by atoms with Gasteiger partial charge in [0.05, 0.1) is 11.4 Å². The van der Waals surface area contributed by atoms with Crippen molar-refractivity contribution in [2.24, 2.45) is 10.2 Å². The molecule has 4 aromatic carbocycles. The van der Waals surface area contributed by atoms with Crippen LogP contribution in [-0.4, -0.2) is 5.11 Å². The fourth-order valence-corrected chi connectivity index (χ4v) is 2.89. The third kappa shape index (κ3) is 2.34. The lowest BCUT2D eigenvalue weighted by molar-refractivity contribution is 0.482. The SMILES string of the molecule is Nc1cccc2c(N=Nc3cccc4ccccc34)ccc(O)c12. The van der Waals surface area contributed by atoms with Gasteiger partial charge >= 0.3 is 0 Å². The molecule has 4 aromatic rings.